The molecule has 19 heavy (non-hydrogen) atoms. The largest absolute Gasteiger partial charge is 0.337 e. The Kier molecular flexibility index (Phi) is 3.60. The Bertz CT molecular complexity index is 549. The predicted molar refractivity (Wildman–Crippen MR) is 78.4 cm³/mol. The van der Waals surface area contributed by atoms with Gasteiger partial charge in [0.05, 0.1) is 5.52 Å². The van der Waals surface area contributed by atoms with Crippen molar-refractivity contribution in [3.63, 3.8) is 0 Å². The number of fused-ring (bicyclic) bond motifs is 1. The molecule has 1 N–H and O–H groups in total. The molecular formula is C15H20N4. The lowest BCUT2D eigenvalue weighted by atomic mass is 10.1. The van der Waals surface area contributed by atoms with Gasteiger partial charge in [0.2, 0.25) is 5.95 Å². The van der Waals surface area contributed by atoms with E-state index in [2.05, 4.69) is 28.2 Å². The summed E-state index contributed by atoms with van der Waals surface area (Å²) in [6, 6.07) is 8.66. The van der Waals surface area contributed by atoms with Crippen LogP contribution in [0, 0.1) is 0 Å². The summed E-state index contributed by atoms with van der Waals surface area (Å²) >= 11 is 0. The Morgan fingerprint density at radius 1 is 1.37 bits per heavy atom. The molecule has 3 rings (SSSR count). The van der Waals surface area contributed by atoms with Crippen LogP contribution in [-0.4, -0.2) is 35.6 Å². The van der Waals surface area contributed by atoms with E-state index in [1.165, 1.54) is 12.8 Å². The molecule has 0 radical (unpaired) electrons. The van der Waals surface area contributed by atoms with Gasteiger partial charge >= 0.3 is 0 Å². The second-order valence-electron chi connectivity index (χ2n) is 5.02. The van der Waals surface area contributed by atoms with Crippen molar-refractivity contribution in [2.45, 2.75) is 25.8 Å². The van der Waals surface area contributed by atoms with Crippen molar-refractivity contribution in [2.75, 3.05) is 24.5 Å². The number of nitrogens with one attached hydrogen (secondary N) is 1. The fourth-order valence-corrected chi connectivity index (χ4v) is 2.76. The average molecular weight is 256 g/mol. The SMILES string of the molecule is CCN(c1ncc2ccccc2n1)C1CCCNC1. The molecule has 0 saturated carbocycles. The van der Waals surface area contributed by atoms with Gasteiger partial charge in [-0.05, 0) is 32.4 Å². The van der Waals surface area contributed by atoms with E-state index in [9.17, 15) is 0 Å². The fourth-order valence-electron chi connectivity index (χ4n) is 2.76. The molecule has 1 atom stereocenters. The van der Waals surface area contributed by atoms with Gasteiger partial charge in [-0.1, -0.05) is 18.2 Å². The van der Waals surface area contributed by atoms with E-state index in [0.29, 0.717) is 6.04 Å². The highest BCUT2D eigenvalue weighted by atomic mass is 15.3. The maximum Gasteiger partial charge on any atom is 0.226 e. The molecule has 1 aliphatic heterocycles. The topological polar surface area (TPSA) is 41.1 Å². The first-order valence-electron chi connectivity index (χ1n) is 7.07. The van der Waals surface area contributed by atoms with Crippen LogP contribution in [0.1, 0.15) is 19.8 Å². The molecule has 1 aromatic carbocycles. The van der Waals surface area contributed by atoms with E-state index < -0.39 is 0 Å². The van der Waals surface area contributed by atoms with Gasteiger partial charge in [-0.15, -0.1) is 0 Å². The van der Waals surface area contributed by atoms with Crippen LogP contribution in [0.5, 0.6) is 0 Å². The van der Waals surface area contributed by atoms with Gasteiger partial charge in [-0.3, -0.25) is 0 Å². The number of para-hydroxylation sites is 1. The van der Waals surface area contributed by atoms with Crippen molar-refractivity contribution >= 4 is 16.9 Å². The molecule has 1 aromatic heterocycles. The summed E-state index contributed by atoms with van der Waals surface area (Å²) in [4.78, 5) is 11.6. The van der Waals surface area contributed by atoms with Crippen LogP contribution >= 0.6 is 0 Å². The highest BCUT2D eigenvalue weighted by Crippen LogP contribution is 2.19. The summed E-state index contributed by atoms with van der Waals surface area (Å²) in [5, 5.41) is 4.56. The Labute approximate surface area is 113 Å². The molecule has 1 saturated heterocycles. The van der Waals surface area contributed by atoms with Crippen molar-refractivity contribution in [3.05, 3.63) is 30.5 Å². The maximum atomic E-state index is 4.71. The lowest BCUT2D eigenvalue weighted by Crippen LogP contribution is -2.46. The Morgan fingerprint density at radius 3 is 3.05 bits per heavy atom. The van der Waals surface area contributed by atoms with Crippen molar-refractivity contribution in [2.24, 2.45) is 0 Å². The Hall–Kier alpha value is -1.68. The van der Waals surface area contributed by atoms with Crippen molar-refractivity contribution in [1.29, 1.82) is 0 Å². The summed E-state index contributed by atoms with van der Waals surface area (Å²) in [5.74, 6) is 0.856. The smallest absolute Gasteiger partial charge is 0.226 e. The lowest BCUT2D eigenvalue weighted by Gasteiger charge is -2.34. The highest BCUT2D eigenvalue weighted by Gasteiger charge is 2.21. The standard InChI is InChI=1S/C15H20N4/c1-2-19(13-7-5-9-16-11-13)15-17-10-12-6-3-4-8-14(12)18-15/h3-4,6,8,10,13,16H,2,5,7,9,11H2,1H3. The molecule has 0 spiro atoms. The molecule has 0 aliphatic carbocycles. The third kappa shape index (κ3) is 2.54. The van der Waals surface area contributed by atoms with Gasteiger partial charge in [0.25, 0.3) is 0 Å². The molecule has 100 valence electrons. The Balaban J connectivity index is 1.91. The minimum absolute atomic E-state index is 0.514. The number of hydrogen-bond donors (Lipinski definition) is 1. The van der Waals surface area contributed by atoms with Crippen LogP contribution in [0.15, 0.2) is 30.5 Å². The number of likely N-dealkylation sites (N-methyl/N-ethyl adjacent to an activating group) is 1. The first kappa shape index (κ1) is 12.4. The highest BCUT2D eigenvalue weighted by molar-refractivity contribution is 5.78. The minimum atomic E-state index is 0.514. The van der Waals surface area contributed by atoms with Crippen LogP contribution in [0.2, 0.25) is 0 Å². The van der Waals surface area contributed by atoms with Gasteiger partial charge in [0.15, 0.2) is 0 Å². The number of piperidine rings is 1. The maximum absolute atomic E-state index is 4.71. The van der Waals surface area contributed by atoms with Crippen LogP contribution < -0.4 is 10.2 Å². The molecule has 2 heterocycles. The molecule has 1 unspecified atom stereocenters. The quantitative estimate of drug-likeness (QED) is 0.914. The second-order valence-corrected chi connectivity index (χ2v) is 5.02. The van der Waals surface area contributed by atoms with E-state index in [-0.39, 0.29) is 0 Å². The lowest BCUT2D eigenvalue weighted by molar-refractivity contribution is 0.431. The first-order valence-corrected chi connectivity index (χ1v) is 7.07. The molecule has 4 heteroatoms. The van der Waals surface area contributed by atoms with Gasteiger partial charge in [0, 0.05) is 30.7 Å². The van der Waals surface area contributed by atoms with Crippen molar-refractivity contribution < 1.29 is 0 Å². The number of benzene rings is 1. The summed E-state index contributed by atoms with van der Waals surface area (Å²) in [6.07, 6.45) is 4.38. The summed E-state index contributed by atoms with van der Waals surface area (Å²) < 4.78 is 0. The molecule has 1 fully saturated rings. The van der Waals surface area contributed by atoms with Crippen LogP contribution in [0.3, 0.4) is 0 Å². The number of rotatable bonds is 3. The predicted octanol–water partition coefficient (Wildman–Crippen LogP) is 2.21. The van der Waals surface area contributed by atoms with Crippen LogP contribution in [-0.2, 0) is 0 Å². The van der Waals surface area contributed by atoms with Gasteiger partial charge in [-0.2, -0.15) is 0 Å². The number of anilines is 1. The summed E-state index contributed by atoms with van der Waals surface area (Å²) in [5.41, 5.74) is 1.02. The second kappa shape index (κ2) is 5.53. The monoisotopic (exact) mass is 256 g/mol. The Morgan fingerprint density at radius 2 is 2.26 bits per heavy atom. The van der Waals surface area contributed by atoms with E-state index >= 15 is 0 Å². The van der Waals surface area contributed by atoms with Crippen LogP contribution in [0.25, 0.3) is 10.9 Å². The zero-order valence-corrected chi connectivity index (χ0v) is 11.3. The van der Waals surface area contributed by atoms with E-state index in [4.69, 9.17) is 4.98 Å². The molecule has 0 bridgehead atoms. The van der Waals surface area contributed by atoms with Gasteiger partial charge in [-0.25, -0.2) is 9.97 Å². The fraction of sp³-hybridized carbons (Fsp3) is 0.467. The van der Waals surface area contributed by atoms with Gasteiger partial charge < -0.3 is 10.2 Å². The van der Waals surface area contributed by atoms with E-state index in [1.807, 2.05) is 24.4 Å². The van der Waals surface area contributed by atoms with Gasteiger partial charge in [0.1, 0.15) is 0 Å². The molecule has 2 aromatic rings. The molecule has 0 amide bonds. The summed E-state index contributed by atoms with van der Waals surface area (Å²) in [7, 11) is 0. The zero-order valence-electron chi connectivity index (χ0n) is 11.3. The number of hydrogen-bond acceptors (Lipinski definition) is 4. The number of aromatic nitrogens is 2. The minimum Gasteiger partial charge on any atom is -0.337 e. The first-order chi connectivity index (χ1) is 9.38. The summed E-state index contributed by atoms with van der Waals surface area (Å²) in [6.45, 7) is 5.29. The average Bonchev–Trinajstić information content (AvgIpc) is 2.49. The third-order valence-electron chi connectivity index (χ3n) is 3.79. The van der Waals surface area contributed by atoms with Crippen molar-refractivity contribution in [1.82, 2.24) is 15.3 Å². The van der Waals surface area contributed by atoms with E-state index in [1.54, 1.807) is 0 Å². The van der Waals surface area contributed by atoms with Crippen molar-refractivity contribution in [3.8, 4) is 0 Å². The molecule has 4 nitrogen and oxygen atoms in total. The van der Waals surface area contributed by atoms with E-state index in [0.717, 1.165) is 36.5 Å². The van der Waals surface area contributed by atoms with Crippen LogP contribution in [0.4, 0.5) is 5.95 Å². The normalized spacial score (nSPS) is 19.5. The zero-order chi connectivity index (χ0) is 13.1. The molecular weight excluding hydrogens is 236 g/mol. The molecule has 1 aliphatic rings. The third-order valence-corrected chi connectivity index (χ3v) is 3.79. The number of nitrogens with zero attached hydrogens (tertiary/aromatic N) is 3.